The first-order chi connectivity index (χ1) is 18.0. The number of rotatable bonds is 5. The molecule has 2 aromatic rings. The third-order valence-corrected chi connectivity index (χ3v) is 7.50. The van der Waals surface area contributed by atoms with E-state index in [-0.39, 0.29) is 22.4 Å². The van der Waals surface area contributed by atoms with E-state index in [1.54, 1.807) is 0 Å². The van der Waals surface area contributed by atoms with Gasteiger partial charge in [0.1, 0.15) is 11.8 Å². The molecule has 2 aromatic carbocycles. The second kappa shape index (κ2) is 10.9. The molecule has 37 heavy (non-hydrogen) atoms. The third-order valence-electron chi connectivity index (χ3n) is 7.50. The summed E-state index contributed by atoms with van der Waals surface area (Å²) in [5.41, 5.74) is 8.81. The van der Waals surface area contributed by atoms with E-state index >= 15 is 0 Å². The van der Waals surface area contributed by atoms with Crippen LogP contribution in [-0.4, -0.2) is 55.7 Å². The summed E-state index contributed by atoms with van der Waals surface area (Å²) in [5.74, 6) is 5.63. The van der Waals surface area contributed by atoms with Gasteiger partial charge in [0.25, 0.3) is 11.8 Å². The second-order valence-electron chi connectivity index (χ2n) is 9.86. The number of quaternary nitrogens is 1. The number of carbonyl (C=O) groups excluding carboxylic acids is 3. The Morgan fingerprint density at radius 3 is 1.97 bits per heavy atom. The van der Waals surface area contributed by atoms with Crippen molar-refractivity contribution in [2.75, 3.05) is 25.1 Å². The maximum absolute atomic E-state index is 13.6. The number of nitrogens with two attached hydrogens (primary N) is 1. The van der Waals surface area contributed by atoms with E-state index in [0.717, 1.165) is 42.5 Å². The highest BCUT2D eigenvalue weighted by atomic mass is 16.5. The molecule has 3 amide bonds. The number of nitrogens with zero attached hydrogens (tertiary/aromatic N) is 1. The van der Waals surface area contributed by atoms with Gasteiger partial charge in [-0.3, -0.25) is 9.59 Å². The van der Waals surface area contributed by atoms with E-state index in [1.807, 2.05) is 48.5 Å². The van der Waals surface area contributed by atoms with Crippen LogP contribution in [0.1, 0.15) is 49.7 Å². The fourth-order valence-corrected chi connectivity index (χ4v) is 5.60. The number of carbonyl (C=O) groups is 3. The van der Waals surface area contributed by atoms with Gasteiger partial charge in [0, 0.05) is 55.0 Å². The van der Waals surface area contributed by atoms with Gasteiger partial charge in [0.2, 0.25) is 0 Å². The van der Waals surface area contributed by atoms with Gasteiger partial charge in [-0.15, -0.1) is 0 Å². The minimum atomic E-state index is -0.590. The molecule has 3 fully saturated rings. The second-order valence-corrected chi connectivity index (χ2v) is 9.86. The topological polar surface area (TPSA) is 108 Å². The number of anilines is 1. The molecule has 1 unspecified atom stereocenters. The highest BCUT2D eigenvalue weighted by Crippen LogP contribution is 2.37. The van der Waals surface area contributed by atoms with Crippen LogP contribution in [0.2, 0.25) is 0 Å². The number of amides is 3. The standard InChI is InChI=1S/C29H31N3O5/c30-27(33)24-4-1-17-32(24,29(35)26-6-3-19-37-26)23-15-11-21(12-16-23)8-7-20-9-13-22(14-10-20)31-28(34)25-5-2-18-36-25/h9-16,24-26H,1-6,17-19H2,(H2-,30,31,33,34)/p+1/t24-,25+,26+,32?/m0/s1. The lowest BCUT2D eigenvalue weighted by atomic mass is 10.1. The molecule has 0 radical (unpaired) electrons. The van der Waals surface area contributed by atoms with Gasteiger partial charge >= 0.3 is 5.91 Å². The van der Waals surface area contributed by atoms with E-state index in [0.29, 0.717) is 38.3 Å². The molecule has 3 saturated heterocycles. The Labute approximate surface area is 216 Å². The molecule has 0 saturated carbocycles. The number of benzene rings is 2. The monoisotopic (exact) mass is 502 g/mol. The number of likely N-dealkylation sites (tertiary alicyclic amines) is 1. The molecule has 3 aliphatic rings. The Morgan fingerprint density at radius 1 is 0.811 bits per heavy atom. The van der Waals surface area contributed by atoms with Crippen LogP contribution in [0.4, 0.5) is 11.4 Å². The van der Waals surface area contributed by atoms with Gasteiger partial charge in [-0.1, -0.05) is 11.8 Å². The lowest BCUT2D eigenvalue weighted by Crippen LogP contribution is -2.64. The predicted molar refractivity (Wildman–Crippen MR) is 139 cm³/mol. The summed E-state index contributed by atoms with van der Waals surface area (Å²) >= 11 is 0. The first-order valence-electron chi connectivity index (χ1n) is 13.0. The van der Waals surface area contributed by atoms with Crippen molar-refractivity contribution in [2.24, 2.45) is 5.73 Å². The molecule has 0 aliphatic carbocycles. The maximum Gasteiger partial charge on any atom is 0.348 e. The van der Waals surface area contributed by atoms with Gasteiger partial charge in [0.05, 0.1) is 6.54 Å². The lowest BCUT2D eigenvalue weighted by molar-refractivity contribution is -0.144. The summed E-state index contributed by atoms with van der Waals surface area (Å²) in [6.45, 7) is 1.73. The third kappa shape index (κ3) is 5.16. The number of hydrogen-bond donors (Lipinski definition) is 2. The Balaban J connectivity index is 1.31. The van der Waals surface area contributed by atoms with Crippen LogP contribution in [0, 0.1) is 11.8 Å². The van der Waals surface area contributed by atoms with Crippen LogP contribution in [-0.2, 0) is 23.9 Å². The van der Waals surface area contributed by atoms with Gasteiger partial charge in [-0.2, -0.15) is 0 Å². The normalized spacial score (nSPS) is 26.9. The zero-order valence-electron chi connectivity index (χ0n) is 20.8. The first kappa shape index (κ1) is 25.2. The van der Waals surface area contributed by atoms with Crippen LogP contribution < -0.4 is 15.5 Å². The van der Waals surface area contributed by atoms with Crippen LogP contribution in [0.15, 0.2) is 48.5 Å². The zero-order valence-corrected chi connectivity index (χ0v) is 20.8. The Hall–Kier alpha value is -3.51. The van der Waals surface area contributed by atoms with Crippen molar-refractivity contribution in [2.45, 2.75) is 56.8 Å². The van der Waals surface area contributed by atoms with Crippen LogP contribution in [0.5, 0.6) is 0 Å². The average molecular weight is 503 g/mol. The molecule has 8 nitrogen and oxygen atoms in total. The maximum atomic E-state index is 13.6. The molecule has 3 heterocycles. The predicted octanol–water partition coefficient (Wildman–Crippen LogP) is 2.86. The van der Waals surface area contributed by atoms with E-state index in [4.69, 9.17) is 15.2 Å². The number of primary amides is 1. The summed E-state index contributed by atoms with van der Waals surface area (Å²) < 4.78 is 11.0. The van der Waals surface area contributed by atoms with E-state index in [9.17, 15) is 14.4 Å². The van der Waals surface area contributed by atoms with Crippen LogP contribution >= 0.6 is 0 Å². The van der Waals surface area contributed by atoms with Crippen molar-refractivity contribution < 1.29 is 23.9 Å². The van der Waals surface area contributed by atoms with Gasteiger partial charge in [-0.05, 0) is 62.1 Å². The van der Waals surface area contributed by atoms with Crippen molar-refractivity contribution in [3.63, 3.8) is 0 Å². The van der Waals surface area contributed by atoms with E-state index in [1.165, 1.54) is 0 Å². The van der Waals surface area contributed by atoms with Crippen molar-refractivity contribution in [1.82, 2.24) is 4.48 Å². The lowest BCUT2D eigenvalue weighted by Gasteiger charge is -2.36. The first-order valence-corrected chi connectivity index (χ1v) is 13.0. The van der Waals surface area contributed by atoms with Crippen molar-refractivity contribution in [3.8, 4) is 11.8 Å². The molecule has 3 aliphatic heterocycles. The van der Waals surface area contributed by atoms with E-state index < -0.39 is 18.1 Å². The van der Waals surface area contributed by atoms with Crippen molar-refractivity contribution in [1.29, 1.82) is 0 Å². The average Bonchev–Trinajstić information content (AvgIpc) is 3.70. The molecule has 8 heteroatoms. The van der Waals surface area contributed by atoms with Crippen LogP contribution in [0.25, 0.3) is 0 Å². The minimum absolute atomic E-state index is 0.0766. The Kier molecular flexibility index (Phi) is 7.38. The van der Waals surface area contributed by atoms with Crippen LogP contribution in [0.3, 0.4) is 0 Å². The summed E-state index contributed by atoms with van der Waals surface area (Å²) in [5, 5.41) is 2.88. The summed E-state index contributed by atoms with van der Waals surface area (Å²) in [6.07, 6.45) is 3.63. The molecule has 5 rings (SSSR count). The molecule has 0 aromatic heterocycles. The SMILES string of the molecule is NC(=O)[C@@H]1CCC[N+]1(C(=O)[C@H]1CCCO1)c1ccc(C#Cc2ccc(NC(=O)[C@H]3CCCO3)cc2)cc1. The minimum Gasteiger partial charge on any atom is -0.368 e. The quantitative estimate of drug-likeness (QED) is 0.483. The van der Waals surface area contributed by atoms with Gasteiger partial charge < -0.3 is 20.5 Å². The highest BCUT2D eigenvalue weighted by Gasteiger charge is 2.55. The number of hydrogen-bond acceptors (Lipinski definition) is 5. The Morgan fingerprint density at radius 2 is 1.41 bits per heavy atom. The molecule has 0 spiro atoms. The van der Waals surface area contributed by atoms with Gasteiger partial charge in [0.15, 0.2) is 12.1 Å². The molecule has 192 valence electrons. The van der Waals surface area contributed by atoms with Crippen molar-refractivity contribution in [3.05, 3.63) is 59.7 Å². The zero-order chi connectivity index (χ0) is 25.8. The molecular formula is C29H32N3O5+. The summed E-state index contributed by atoms with van der Waals surface area (Å²) in [7, 11) is 0. The number of ether oxygens (including phenoxy) is 2. The highest BCUT2D eigenvalue weighted by molar-refractivity contribution is 5.99. The number of nitrogens with one attached hydrogen (secondary N) is 1. The molecular weight excluding hydrogens is 470 g/mol. The molecule has 0 bridgehead atoms. The fraction of sp³-hybridized carbons (Fsp3) is 0.414. The summed E-state index contributed by atoms with van der Waals surface area (Å²) in [6, 6.07) is 14.3. The molecule has 3 N–H and O–H groups in total. The summed E-state index contributed by atoms with van der Waals surface area (Å²) in [4.78, 5) is 38.2. The fourth-order valence-electron chi connectivity index (χ4n) is 5.60. The molecule has 4 atom stereocenters. The van der Waals surface area contributed by atoms with Gasteiger partial charge in [-0.25, -0.2) is 9.28 Å². The smallest absolute Gasteiger partial charge is 0.348 e. The Bertz CT molecular complexity index is 1220. The van der Waals surface area contributed by atoms with Crippen molar-refractivity contribution >= 4 is 29.1 Å². The van der Waals surface area contributed by atoms with E-state index in [2.05, 4.69) is 17.2 Å². The largest absolute Gasteiger partial charge is 0.368 e.